The quantitative estimate of drug-likeness (QED) is 0.584. The fourth-order valence-corrected chi connectivity index (χ4v) is 0.916. The molecule has 0 aliphatic rings. The Labute approximate surface area is 99.3 Å². The van der Waals surface area contributed by atoms with Gasteiger partial charge in [-0.05, 0) is 13.8 Å². The molecular weight excluding hydrogens is 260 g/mol. The highest BCUT2D eigenvalue weighted by molar-refractivity contribution is 9.10. The van der Waals surface area contributed by atoms with Crippen LogP contribution in [-0.4, -0.2) is 29.2 Å². The lowest BCUT2D eigenvalue weighted by Crippen LogP contribution is -2.42. The number of rotatable bonds is 5. The van der Waals surface area contributed by atoms with Gasteiger partial charge in [-0.2, -0.15) is 0 Å². The Morgan fingerprint density at radius 1 is 1.20 bits per heavy atom. The number of alkyl halides is 1. The highest BCUT2D eigenvalue weighted by Gasteiger charge is 2.22. The van der Waals surface area contributed by atoms with Crippen molar-refractivity contribution < 1.29 is 9.59 Å². The van der Waals surface area contributed by atoms with Gasteiger partial charge in [-0.15, -0.1) is 0 Å². The van der Waals surface area contributed by atoms with E-state index in [0.717, 1.165) is 0 Å². The molecule has 2 N–H and O–H groups in total. The minimum Gasteiger partial charge on any atom is -0.354 e. The van der Waals surface area contributed by atoms with Gasteiger partial charge in [0.15, 0.2) is 0 Å². The van der Waals surface area contributed by atoms with Crippen LogP contribution in [0.4, 0.5) is 0 Å². The Morgan fingerprint density at radius 3 is 2.07 bits per heavy atom. The average Bonchev–Trinajstić information content (AvgIpc) is 2.09. The first-order chi connectivity index (χ1) is 6.75. The minimum atomic E-state index is -0.560. The maximum absolute atomic E-state index is 11.4. The van der Waals surface area contributed by atoms with E-state index < -0.39 is 4.32 Å². The number of hydrogen-bond donors (Lipinski definition) is 2. The normalized spacial score (nSPS) is 11.3. The summed E-state index contributed by atoms with van der Waals surface area (Å²) in [6.45, 7) is 8.12. The molecule has 0 aromatic carbocycles. The van der Waals surface area contributed by atoms with Gasteiger partial charge in [-0.3, -0.25) is 9.59 Å². The van der Waals surface area contributed by atoms with Gasteiger partial charge in [0.05, 0.1) is 4.32 Å². The third kappa shape index (κ3) is 6.49. The predicted molar refractivity (Wildman–Crippen MR) is 63.9 cm³/mol. The Balaban J connectivity index is 3.65. The fourth-order valence-electron chi connectivity index (χ4n) is 0.776. The summed E-state index contributed by atoms with van der Waals surface area (Å²) in [7, 11) is 0. The highest BCUT2D eigenvalue weighted by atomic mass is 79.9. The molecule has 2 amide bonds. The lowest BCUT2D eigenvalue weighted by Gasteiger charge is -2.16. The van der Waals surface area contributed by atoms with Gasteiger partial charge in [0.25, 0.3) is 0 Å². The number of nitrogens with one attached hydrogen (secondary N) is 2. The number of amides is 2. The molecule has 0 bridgehead atoms. The third-order valence-electron chi connectivity index (χ3n) is 1.77. The molecule has 0 unspecified atom stereocenters. The summed E-state index contributed by atoms with van der Waals surface area (Å²) >= 11 is 3.25. The van der Waals surface area contributed by atoms with Gasteiger partial charge < -0.3 is 10.6 Å². The standard InChI is InChI=1S/C10H19BrN2O2/c1-7(2)8(14)12-5-6-13-9(15)10(3,4)11/h7H,5-6H2,1-4H3,(H,12,14)(H,13,15). The van der Waals surface area contributed by atoms with E-state index in [1.54, 1.807) is 13.8 Å². The van der Waals surface area contributed by atoms with E-state index in [-0.39, 0.29) is 17.7 Å². The van der Waals surface area contributed by atoms with Gasteiger partial charge in [-0.1, -0.05) is 29.8 Å². The number of carbonyl (C=O) groups excluding carboxylic acids is 2. The van der Waals surface area contributed by atoms with Crippen LogP contribution in [0.1, 0.15) is 27.7 Å². The lowest BCUT2D eigenvalue weighted by molar-refractivity contribution is -0.125. The molecule has 0 aliphatic heterocycles. The second-order valence-corrected chi connectivity index (χ2v) is 6.16. The Bertz CT molecular complexity index is 234. The zero-order chi connectivity index (χ0) is 12.1. The molecule has 0 heterocycles. The highest BCUT2D eigenvalue weighted by Crippen LogP contribution is 2.14. The molecular formula is C10H19BrN2O2. The summed E-state index contributed by atoms with van der Waals surface area (Å²) in [5.41, 5.74) is 0. The molecule has 0 spiro atoms. The first-order valence-electron chi connectivity index (χ1n) is 5.00. The molecule has 0 radical (unpaired) electrons. The van der Waals surface area contributed by atoms with Gasteiger partial charge >= 0.3 is 0 Å². The van der Waals surface area contributed by atoms with Crippen LogP contribution in [0.15, 0.2) is 0 Å². The molecule has 0 saturated heterocycles. The zero-order valence-electron chi connectivity index (χ0n) is 9.69. The van der Waals surface area contributed by atoms with Gasteiger partial charge in [0, 0.05) is 19.0 Å². The van der Waals surface area contributed by atoms with Gasteiger partial charge in [-0.25, -0.2) is 0 Å². The first kappa shape index (κ1) is 14.4. The molecule has 0 saturated carbocycles. The van der Waals surface area contributed by atoms with Gasteiger partial charge in [0.1, 0.15) is 0 Å². The molecule has 0 atom stereocenters. The zero-order valence-corrected chi connectivity index (χ0v) is 11.3. The first-order valence-corrected chi connectivity index (χ1v) is 5.79. The van der Waals surface area contributed by atoms with Crippen LogP contribution >= 0.6 is 15.9 Å². The van der Waals surface area contributed by atoms with E-state index in [4.69, 9.17) is 0 Å². The summed E-state index contributed by atoms with van der Waals surface area (Å²) < 4.78 is -0.560. The van der Waals surface area contributed by atoms with Crippen molar-refractivity contribution in [3.63, 3.8) is 0 Å². The van der Waals surface area contributed by atoms with Crippen molar-refractivity contribution in [1.29, 1.82) is 0 Å². The Kier molecular flexibility index (Phi) is 5.87. The van der Waals surface area contributed by atoms with E-state index in [9.17, 15) is 9.59 Å². The number of hydrogen-bond acceptors (Lipinski definition) is 2. The second kappa shape index (κ2) is 6.10. The summed E-state index contributed by atoms with van der Waals surface area (Å²) in [5.74, 6) is -0.100. The van der Waals surface area contributed by atoms with E-state index in [0.29, 0.717) is 13.1 Å². The van der Waals surface area contributed by atoms with Crippen LogP contribution in [0, 0.1) is 5.92 Å². The Morgan fingerprint density at radius 2 is 1.67 bits per heavy atom. The smallest absolute Gasteiger partial charge is 0.236 e. The molecule has 0 aliphatic carbocycles. The van der Waals surface area contributed by atoms with Crippen LogP contribution in [0.5, 0.6) is 0 Å². The van der Waals surface area contributed by atoms with Crippen LogP contribution in [-0.2, 0) is 9.59 Å². The maximum Gasteiger partial charge on any atom is 0.236 e. The van der Waals surface area contributed by atoms with E-state index in [1.165, 1.54) is 0 Å². The van der Waals surface area contributed by atoms with E-state index >= 15 is 0 Å². The molecule has 88 valence electrons. The molecule has 4 nitrogen and oxygen atoms in total. The summed E-state index contributed by atoms with van der Waals surface area (Å²) in [6.07, 6.45) is 0. The van der Waals surface area contributed by atoms with Crippen LogP contribution in [0.3, 0.4) is 0 Å². The molecule has 15 heavy (non-hydrogen) atoms. The average molecular weight is 279 g/mol. The minimum absolute atomic E-state index is 0.00218. The molecule has 0 fully saturated rings. The van der Waals surface area contributed by atoms with Crippen LogP contribution in [0.25, 0.3) is 0 Å². The molecule has 0 aromatic rings. The SMILES string of the molecule is CC(C)C(=O)NCCNC(=O)C(C)(C)Br. The monoisotopic (exact) mass is 278 g/mol. The van der Waals surface area contributed by atoms with Crippen LogP contribution < -0.4 is 10.6 Å². The summed E-state index contributed by atoms with van der Waals surface area (Å²) in [5, 5.41) is 5.44. The molecule has 0 aromatic heterocycles. The predicted octanol–water partition coefficient (Wildman–Crippen LogP) is 1.05. The van der Waals surface area contributed by atoms with Crippen molar-refractivity contribution in [3.8, 4) is 0 Å². The number of halogens is 1. The maximum atomic E-state index is 11.4. The van der Waals surface area contributed by atoms with Crippen molar-refractivity contribution in [3.05, 3.63) is 0 Å². The topological polar surface area (TPSA) is 58.2 Å². The second-order valence-electron chi connectivity index (χ2n) is 4.17. The van der Waals surface area contributed by atoms with Crippen molar-refractivity contribution in [1.82, 2.24) is 10.6 Å². The summed E-state index contributed by atoms with van der Waals surface area (Å²) in [6, 6.07) is 0. The van der Waals surface area contributed by atoms with Crippen molar-refractivity contribution in [2.45, 2.75) is 32.0 Å². The molecule has 5 heteroatoms. The largest absolute Gasteiger partial charge is 0.354 e. The Hall–Kier alpha value is -0.580. The van der Waals surface area contributed by atoms with Crippen molar-refractivity contribution >= 4 is 27.7 Å². The summed E-state index contributed by atoms with van der Waals surface area (Å²) in [4.78, 5) is 22.5. The fraction of sp³-hybridized carbons (Fsp3) is 0.800. The van der Waals surface area contributed by atoms with Crippen molar-refractivity contribution in [2.24, 2.45) is 5.92 Å². The van der Waals surface area contributed by atoms with E-state index in [1.807, 2.05) is 13.8 Å². The van der Waals surface area contributed by atoms with E-state index in [2.05, 4.69) is 26.6 Å². The number of carbonyl (C=O) groups is 2. The lowest BCUT2D eigenvalue weighted by atomic mass is 10.2. The van der Waals surface area contributed by atoms with Crippen molar-refractivity contribution in [2.75, 3.05) is 13.1 Å². The van der Waals surface area contributed by atoms with Gasteiger partial charge in [0.2, 0.25) is 11.8 Å². The third-order valence-corrected chi connectivity index (χ3v) is 2.13. The van der Waals surface area contributed by atoms with Crippen LogP contribution in [0.2, 0.25) is 0 Å². The molecule has 0 rings (SSSR count).